The van der Waals surface area contributed by atoms with Gasteiger partial charge < -0.3 is 10.1 Å². The third-order valence-corrected chi connectivity index (χ3v) is 4.97. The van der Waals surface area contributed by atoms with Gasteiger partial charge in [-0.1, -0.05) is 41.4 Å². The molecular weight excluding hydrogens is 411 g/mol. The van der Waals surface area contributed by atoms with Gasteiger partial charge in [0.05, 0.1) is 10.7 Å². The second kappa shape index (κ2) is 8.11. The Morgan fingerprint density at radius 2 is 1.79 bits per heavy atom. The number of rotatable bonds is 5. The number of hydrogen-bond donors (Lipinski definition) is 1. The van der Waals surface area contributed by atoms with Crippen LogP contribution < -0.4 is 10.1 Å². The molecule has 1 N–H and O–H groups in total. The molecule has 4 rings (SSSR count). The molecule has 1 heterocycles. The number of fused-ring (bicyclic) bond motifs is 1. The number of ether oxygens (including phenoxy) is 1. The molecule has 0 spiro atoms. The van der Waals surface area contributed by atoms with Crippen LogP contribution in [0, 0.1) is 6.92 Å². The lowest BCUT2D eigenvalue weighted by molar-refractivity contribution is -0.118. The number of nitrogens with one attached hydrogen (secondary N) is 1. The molecule has 0 fully saturated rings. The second-order valence-corrected chi connectivity index (χ2v) is 7.21. The van der Waals surface area contributed by atoms with Crippen LogP contribution in [0.4, 0.5) is 5.69 Å². The predicted molar refractivity (Wildman–Crippen MR) is 114 cm³/mol. The number of aryl methyl sites for hydroxylation is 1. The van der Waals surface area contributed by atoms with Crippen LogP contribution in [0.15, 0.2) is 60.7 Å². The van der Waals surface area contributed by atoms with Crippen molar-refractivity contribution in [3.63, 3.8) is 0 Å². The molecule has 0 aliphatic heterocycles. The number of benzene rings is 3. The number of hydrogen-bond acceptors (Lipinski definition) is 4. The highest BCUT2D eigenvalue weighted by Gasteiger charge is 2.10. The fraction of sp³-hybridized carbons (Fsp3) is 0.0952. The van der Waals surface area contributed by atoms with Crippen LogP contribution in [-0.2, 0) is 4.79 Å². The number of carbonyl (C=O) groups is 1. The highest BCUT2D eigenvalue weighted by atomic mass is 35.5. The lowest BCUT2D eigenvalue weighted by Gasteiger charge is -2.08. The lowest BCUT2D eigenvalue weighted by atomic mass is 10.2. The van der Waals surface area contributed by atoms with E-state index in [4.69, 9.17) is 27.9 Å². The quantitative estimate of drug-likeness (QED) is 0.484. The normalized spacial score (nSPS) is 10.9. The molecule has 0 atom stereocenters. The van der Waals surface area contributed by atoms with Crippen LogP contribution in [0.5, 0.6) is 5.75 Å². The number of aromatic nitrogens is 3. The van der Waals surface area contributed by atoms with E-state index in [1.54, 1.807) is 42.5 Å². The standard InChI is InChI=1S/C21H16Cl2N4O2/c1-13-6-8-15(11-17(13)23)27-25-18-9-7-14(10-19(18)26-27)24-21(28)12-29-20-5-3-2-4-16(20)22/h2-11H,12H2,1H3,(H,24,28). The van der Waals surface area contributed by atoms with E-state index in [1.165, 1.54) is 4.80 Å². The first-order valence-corrected chi connectivity index (χ1v) is 9.56. The van der Waals surface area contributed by atoms with Gasteiger partial charge in [-0.25, -0.2) is 0 Å². The van der Waals surface area contributed by atoms with Crippen LogP contribution >= 0.6 is 23.2 Å². The van der Waals surface area contributed by atoms with Crippen molar-refractivity contribution < 1.29 is 9.53 Å². The van der Waals surface area contributed by atoms with Crippen molar-refractivity contribution in [3.8, 4) is 11.4 Å². The molecule has 3 aromatic carbocycles. The lowest BCUT2D eigenvalue weighted by Crippen LogP contribution is -2.20. The Kier molecular flexibility index (Phi) is 5.38. The van der Waals surface area contributed by atoms with Crippen LogP contribution in [0.3, 0.4) is 0 Å². The molecule has 0 radical (unpaired) electrons. The van der Waals surface area contributed by atoms with Crippen LogP contribution in [0.1, 0.15) is 5.56 Å². The third kappa shape index (κ3) is 4.34. The Balaban J connectivity index is 1.48. The number of halogens is 2. The molecule has 1 amide bonds. The van der Waals surface area contributed by atoms with E-state index in [-0.39, 0.29) is 12.5 Å². The van der Waals surface area contributed by atoms with Gasteiger partial charge in [-0.15, -0.1) is 10.2 Å². The molecule has 1 aromatic heterocycles. The molecule has 29 heavy (non-hydrogen) atoms. The smallest absolute Gasteiger partial charge is 0.262 e. The van der Waals surface area contributed by atoms with Crippen molar-refractivity contribution in [1.82, 2.24) is 15.0 Å². The summed E-state index contributed by atoms with van der Waals surface area (Å²) in [6, 6.07) is 17.9. The van der Waals surface area contributed by atoms with Gasteiger partial charge in [-0.2, -0.15) is 4.80 Å². The summed E-state index contributed by atoms with van der Waals surface area (Å²) in [7, 11) is 0. The average molecular weight is 427 g/mol. The molecule has 0 unspecified atom stereocenters. The van der Waals surface area contributed by atoms with Crippen LogP contribution in [0.2, 0.25) is 10.0 Å². The summed E-state index contributed by atoms with van der Waals surface area (Å²) < 4.78 is 5.45. The largest absolute Gasteiger partial charge is 0.482 e. The van der Waals surface area contributed by atoms with E-state index in [1.807, 2.05) is 25.1 Å². The van der Waals surface area contributed by atoms with Crippen LogP contribution in [-0.4, -0.2) is 27.5 Å². The molecule has 0 aliphatic carbocycles. The molecule has 4 aromatic rings. The van der Waals surface area contributed by atoms with Crippen LogP contribution in [0.25, 0.3) is 16.7 Å². The summed E-state index contributed by atoms with van der Waals surface area (Å²) in [6.45, 7) is 1.78. The number of anilines is 1. The molecule has 0 aliphatic rings. The Hall–Kier alpha value is -3.09. The topological polar surface area (TPSA) is 69.0 Å². The van der Waals surface area contributed by atoms with E-state index in [0.717, 1.165) is 11.3 Å². The fourth-order valence-electron chi connectivity index (χ4n) is 2.72. The highest BCUT2D eigenvalue weighted by Crippen LogP contribution is 2.23. The minimum Gasteiger partial charge on any atom is -0.482 e. The molecule has 8 heteroatoms. The average Bonchev–Trinajstić information content (AvgIpc) is 3.13. The minimum atomic E-state index is -0.304. The van der Waals surface area contributed by atoms with E-state index >= 15 is 0 Å². The van der Waals surface area contributed by atoms with Gasteiger partial charge in [0.1, 0.15) is 16.8 Å². The van der Waals surface area contributed by atoms with E-state index < -0.39 is 0 Å². The van der Waals surface area contributed by atoms with E-state index in [0.29, 0.717) is 32.5 Å². The molecule has 6 nitrogen and oxygen atoms in total. The maximum atomic E-state index is 12.2. The van der Waals surface area contributed by atoms with Gasteiger partial charge in [0.15, 0.2) is 6.61 Å². The van der Waals surface area contributed by atoms with Crippen molar-refractivity contribution in [3.05, 3.63) is 76.3 Å². The zero-order valence-electron chi connectivity index (χ0n) is 15.4. The van der Waals surface area contributed by atoms with E-state index in [9.17, 15) is 4.79 Å². The Morgan fingerprint density at radius 1 is 1.00 bits per heavy atom. The third-order valence-electron chi connectivity index (χ3n) is 4.25. The van der Waals surface area contributed by atoms with Gasteiger partial charge in [-0.3, -0.25) is 4.79 Å². The van der Waals surface area contributed by atoms with Crippen molar-refractivity contribution >= 4 is 45.8 Å². The SMILES string of the molecule is Cc1ccc(-n2nc3ccc(NC(=O)COc4ccccc4Cl)cc3n2)cc1Cl. The van der Waals surface area contributed by atoms with Gasteiger partial charge in [0.25, 0.3) is 5.91 Å². The number of carbonyl (C=O) groups excluding carboxylic acids is 1. The van der Waals surface area contributed by atoms with Crippen molar-refractivity contribution in [2.75, 3.05) is 11.9 Å². The Bertz CT molecular complexity index is 1210. The molecule has 0 saturated heterocycles. The summed E-state index contributed by atoms with van der Waals surface area (Å²) in [6.07, 6.45) is 0. The highest BCUT2D eigenvalue weighted by molar-refractivity contribution is 6.32. The first-order chi connectivity index (χ1) is 14.0. The molecular formula is C21H16Cl2N4O2. The summed E-state index contributed by atoms with van der Waals surface area (Å²) in [5.74, 6) is 0.154. The Morgan fingerprint density at radius 3 is 2.59 bits per heavy atom. The maximum Gasteiger partial charge on any atom is 0.262 e. The van der Waals surface area contributed by atoms with Crippen molar-refractivity contribution in [2.45, 2.75) is 6.92 Å². The monoisotopic (exact) mass is 426 g/mol. The van der Waals surface area contributed by atoms with Crippen molar-refractivity contribution in [2.24, 2.45) is 0 Å². The molecule has 146 valence electrons. The number of nitrogens with zero attached hydrogens (tertiary/aromatic N) is 3. The van der Waals surface area contributed by atoms with Gasteiger partial charge in [0.2, 0.25) is 0 Å². The van der Waals surface area contributed by atoms with Crippen molar-refractivity contribution in [1.29, 1.82) is 0 Å². The van der Waals surface area contributed by atoms with Gasteiger partial charge >= 0.3 is 0 Å². The summed E-state index contributed by atoms with van der Waals surface area (Å²) in [4.78, 5) is 13.7. The zero-order chi connectivity index (χ0) is 20.4. The van der Waals surface area contributed by atoms with Gasteiger partial charge in [0, 0.05) is 10.7 Å². The summed E-state index contributed by atoms with van der Waals surface area (Å²) in [5.41, 5.74) is 3.68. The van der Waals surface area contributed by atoms with E-state index in [2.05, 4.69) is 15.5 Å². The van der Waals surface area contributed by atoms with Gasteiger partial charge in [-0.05, 0) is 55.0 Å². The molecule has 0 saturated carbocycles. The summed E-state index contributed by atoms with van der Waals surface area (Å²) >= 11 is 12.2. The number of para-hydroxylation sites is 1. The first kappa shape index (κ1) is 19.2. The first-order valence-electron chi connectivity index (χ1n) is 8.80. The summed E-state index contributed by atoms with van der Waals surface area (Å²) in [5, 5.41) is 12.8. The Labute approximate surface area is 177 Å². The second-order valence-electron chi connectivity index (χ2n) is 6.39. The molecule has 0 bridgehead atoms. The predicted octanol–water partition coefficient (Wildman–Crippen LogP) is 5.05. The maximum absolute atomic E-state index is 12.2. The minimum absolute atomic E-state index is 0.156. The zero-order valence-corrected chi connectivity index (χ0v) is 16.9. The number of amides is 1. The fourth-order valence-corrected chi connectivity index (χ4v) is 3.08.